The van der Waals surface area contributed by atoms with Crippen molar-refractivity contribution >= 4 is 17.7 Å². The molecule has 16 heavy (non-hydrogen) atoms. The van der Waals surface area contributed by atoms with Crippen molar-refractivity contribution < 1.29 is 18.7 Å². The number of rotatable bonds is 5. The van der Waals surface area contributed by atoms with Crippen LogP contribution in [0.5, 0.6) is 5.75 Å². The van der Waals surface area contributed by atoms with Gasteiger partial charge in [-0.1, -0.05) is 11.8 Å². The molecule has 88 valence electrons. The van der Waals surface area contributed by atoms with Crippen molar-refractivity contribution in [2.45, 2.75) is 17.3 Å². The average molecular weight is 244 g/mol. The van der Waals surface area contributed by atoms with Gasteiger partial charge in [0.25, 0.3) is 0 Å². The van der Waals surface area contributed by atoms with Crippen LogP contribution in [0.1, 0.15) is 6.92 Å². The van der Waals surface area contributed by atoms with E-state index in [2.05, 4.69) is 4.74 Å². The number of ether oxygens (including phenoxy) is 2. The van der Waals surface area contributed by atoms with Gasteiger partial charge in [0.05, 0.1) is 13.7 Å². The molecule has 0 heterocycles. The number of carbonyl (C=O) groups excluding carboxylic acids is 1. The first-order chi connectivity index (χ1) is 7.67. The van der Waals surface area contributed by atoms with Crippen molar-refractivity contribution in [3.63, 3.8) is 0 Å². The minimum absolute atomic E-state index is 0.183. The van der Waals surface area contributed by atoms with Crippen molar-refractivity contribution in [3.05, 3.63) is 24.3 Å². The maximum Gasteiger partial charge on any atom is 0.351 e. The first-order valence-corrected chi connectivity index (χ1v) is 5.66. The number of alkyl halides is 1. The zero-order valence-electron chi connectivity index (χ0n) is 9.10. The summed E-state index contributed by atoms with van der Waals surface area (Å²) in [7, 11) is 1.55. The van der Waals surface area contributed by atoms with Gasteiger partial charge >= 0.3 is 5.97 Å². The molecule has 0 aliphatic heterocycles. The predicted molar refractivity (Wildman–Crippen MR) is 60.4 cm³/mol. The molecule has 1 unspecified atom stereocenters. The monoisotopic (exact) mass is 244 g/mol. The summed E-state index contributed by atoms with van der Waals surface area (Å²) in [6, 6.07) is 6.80. The second-order valence-corrected chi connectivity index (χ2v) is 3.98. The summed E-state index contributed by atoms with van der Waals surface area (Å²) < 4.78 is 22.8. The van der Waals surface area contributed by atoms with Crippen LogP contribution in [0, 0.1) is 0 Å². The standard InChI is InChI=1S/C11H13FO3S/c1-3-15-11(13)10(12)16-9-6-4-8(14-2)5-7-9/h4-7,10H,3H2,1-2H3. The fourth-order valence-corrected chi connectivity index (χ4v) is 1.73. The van der Waals surface area contributed by atoms with E-state index in [-0.39, 0.29) is 6.61 Å². The van der Waals surface area contributed by atoms with Gasteiger partial charge in [-0.3, -0.25) is 0 Å². The van der Waals surface area contributed by atoms with Crippen LogP contribution in [0.2, 0.25) is 0 Å². The van der Waals surface area contributed by atoms with Crippen molar-refractivity contribution in [1.29, 1.82) is 0 Å². The highest BCUT2D eigenvalue weighted by atomic mass is 32.2. The molecule has 0 bridgehead atoms. The van der Waals surface area contributed by atoms with Gasteiger partial charge in [-0.25, -0.2) is 9.18 Å². The van der Waals surface area contributed by atoms with Gasteiger partial charge in [-0.2, -0.15) is 0 Å². The quantitative estimate of drug-likeness (QED) is 0.589. The molecule has 1 aromatic rings. The Morgan fingerprint density at radius 3 is 2.56 bits per heavy atom. The van der Waals surface area contributed by atoms with E-state index in [0.717, 1.165) is 11.8 Å². The van der Waals surface area contributed by atoms with Crippen LogP contribution < -0.4 is 4.74 Å². The Morgan fingerprint density at radius 1 is 1.44 bits per heavy atom. The van der Waals surface area contributed by atoms with Gasteiger partial charge in [0.2, 0.25) is 5.50 Å². The molecule has 0 aromatic heterocycles. The molecule has 0 saturated carbocycles. The highest BCUT2D eigenvalue weighted by Gasteiger charge is 2.19. The summed E-state index contributed by atoms with van der Waals surface area (Å²) in [4.78, 5) is 11.7. The number of benzene rings is 1. The zero-order valence-corrected chi connectivity index (χ0v) is 9.92. The van der Waals surface area contributed by atoms with Gasteiger partial charge in [-0.15, -0.1) is 0 Å². The fraction of sp³-hybridized carbons (Fsp3) is 0.364. The third-order valence-electron chi connectivity index (χ3n) is 1.77. The molecule has 0 aliphatic carbocycles. The van der Waals surface area contributed by atoms with Crippen LogP contribution in [0.4, 0.5) is 4.39 Å². The molecule has 5 heteroatoms. The first kappa shape index (κ1) is 12.8. The highest BCUT2D eigenvalue weighted by molar-refractivity contribution is 8.00. The van der Waals surface area contributed by atoms with Gasteiger partial charge in [-0.05, 0) is 31.2 Å². The molecular formula is C11H13FO3S. The molecule has 3 nitrogen and oxygen atoms in total. The predicted octanol–water partition coefficient (Wildman–Crippen LogP) is 2.65. The van der Waals surface area contributed by atoms with Gasteiger partial charge in [0.1, 0.15) is 5.75 Å². The van der Waals surface area contributed by atoms with Crippen LogP contribution in [0.15, 0.2) is 29.2 Å². The van der Waals surface area contributed by atoms with Crippen LogP contribution in [-0.4, -0.2) is 25.2 Å². The molecule has 1 rings (SSSR count). The number of thioether (sulfide) groups is 1. The van der Waals surface area contributed by atoms with E-state index in [1.165, 1.54) is 0 Å². The zero-order chi connectivity index (χ0) is 12.0. The topological polar surface area (TPSA) is 35.5 Å². The Bertz CT molecular complexity index is 340. The van der Waals surface area contributed by atoms with Gasteiger partial charge in [0, 0.05) is 4.90 Å². The van der Waals surface area contributed by atoms with E-state index < -0.39 is 11.5 Å². The van der Waals surface area contributed by atoms with Crippen molar-refractivity contribution in [3.8, 4) is 5.75 Å². The number of halogens is 1. The highest BCUT2D eigenvalue weighted by Crippen LogP contribution is 2.26. The van der Waals surface area contributed by atoms with E-state index in [4.69, 9.17) is 4.74 Å². The normalized spacial score (nSPS) is 11.9. The Morgan fingerprint density at radius 2 is 2.06 bits per heavy atom. The molecule has 1 aromatic carbocycles. The smallest absolute Gasteiger partial charge is 0.351 e. The average Bonchev–Trinajstić information content (AvgIpc) is 2.30. The maximum absolute atomic E-state index is 13.3. The number of hydrogen-bond donors (Lipinski definition) is 0. The molecule has 0 saturated heterocycles. The number of esters is 1. The second kappa shape index (κ2) is 6.37. The third-order valence-corrected chi connectivity index (χ3v) is 2.71. The van der Waals surface area contributed by atoms with Gasteiger partial charge in [0.15, 0.2) is 0 Å². The second-order valence-electron chi connectivity index (χ2n) is 2.86. The molecular weight excluding hydrogens is 231 g/mol. The van der Waals surface area contributed by atoms with Crippen LogP contribution in [-0.2, 0) is 9.53 Å². The molecule has 0 radical (unpaired) electrons. The maximum atomic E-state index is 13.3. The lowest BCUT2D eigenvalue weighted by Crippen LogP contribution is -2.15. The van der Waals surface area contributed by atoms with Crippen LogP contribution in [0.25, 0.3) is 0 Å². The minimum Gasteiger partial charge on any atom is -0.497 e. The summed E-state index contributed by atoms with van der Waals surface area (Å²) in [6.45, 7) is 1.82. The number of carbonyl (C=O) groups is 1. The first-order valence-electron chi connectivity index (χ1n) is 4.78. The van der Waals surface area contributed by atoms with Crippen molar-refractivity contribution in [2.24, 2.45) is 0 Å². The van der Waals surface area contributed by atoms with E-state index in [9.17, 15) is 9.18 Å². The Balaban J connectivity index is 2.55. The molecule has 0 aliphatic rings. The summed E-state index contributed by atoms with van der Waals surface area (Å²) in [5, 5.41) is 0. The summed E-state index contributed by atoms with van der Waals surface area (Å²) in [5.74, 6) is -0.154. The largest absolute Gasteiger partial charge is 0.497 e. The van der Waals surface area contributed by atoms with E-state index in [1.54, 1.807) is 38.3 Å². The number of hydrogen-bond acceptors (Lipinski definition) is 4. The Kier molecular flexibility index (Phi) is 5.11. The Hall–Kier alpha value is -1.23. The van der Waals surface area contributed by atoms with Crippen molar-refractivity contribution in [2.75, 3.05) is 13.7 Å². The molecule has 0 fully saturated rings. The lowest BCUT2D eigenvalue weighted by atomic mass is 10.3. The fourth-order valence-electron chi connectivity index (χ4n) is 1.03. The number of methoxy groups -OCH3 is 1. The Labute approximate surface area is 97.9 Å². The van der Waals surface area contributed by atoms with E-state index >= 15 is 0 Å². The van der Waals surface area contributed by atoms with Crippen LogP contribution >= 0.6 is 11.8 Å². The summed E-state index contributed by atoms with van der Waals surface area (Å²) >= 11 is 0.814. The third kappa shape index (κ3) is 3.73. The summed E-state index contributed by atoms with van der Waals surface area (Å²) in [6.07, 6.45) is 0. The molecule has 0 amide bonds. The SMILES string of the molecule is CCOC(=O)C(F)Sc1ccc(OC)cc1. The lowest BCUT2D eigenvalue weighted by molar-refractivity contribution is -0.145. The molecule has 0 N–H and O–H groups in total. The van der Waals surface area contributed by atoms with Crippen LogP contribution in [0.3, 0.4) is 0 Å². The van der Waals surface area contributed by atoms with Gasteiger partial charge < -0.3 is 9.47 Å². The molecule has 1 atom stereocenters. The molecule has 0 spiro atoms. The van der Waals surface area contributed by atoms with Crippen molar-refractivity contribution in [1.82, 2.24) is 0 Å². The van der Waals surface area contributed by atoms with E-state index in [1.807, 2.05) is 0 Å². The summed E-state index contributed by atoms with van der Waals surface area (Å²) in [5.41, 5.74) is -1.69. The van der Waals surface area contributed by atoms with E-state index in [0.29, 0.717) is 10.6 Å². The minimum atomic E-state index is -1.69. The lowest BCUT2D eigenvalue weighted by Gasteiger charge is -2.07.